The second-order valence-corrected chi connectivity index (χ2v) is 6.95. The highest BCUT2D eigenvalue weighted by molar-refractivity contribution is 7.10. The number of nitrogens with one attached hydrogen (secondary N) is 1. The van der Waals surface area contributed by atoms with Crippen LogP contribution >= 0.6 is 71.0 Å². The minimum Gasteiger partial charge on any atom is -0.314 e. The van der Waals surface area contributed by atoms with Crippen molar-refractivity contribution in [1.29, 1.82) is 0 Å². The third kappa shape index (κ3) is 4.65. The Labute approximate surface area is 167 Å². The Kier molecular flexibility index (Phi) is 8.91. The Hall–Kier alpha value is 0.220. The van der Waals surface area contributed by atoms with E-state index in [0.29, 0.717) is 15.2 Å². The Bertz CT molecular complexity index is 617. The molecule has 1 aliphatic heterocycles. The van der Waals surface area contributed by atoms with E-state index >= 15 is 0 Å². The van der Waals surface area contributed by atoms with Crippen LogP contribution in [0.3, 0.4) is 0 Å². The van der Waals surface area contributed by atoms with Crippen LogP contribution in [0.2, 0.25) is 15.2 Å². The van der Waals surface area contributed by atoms with Crippen LogP contribution in [0.1, 0.15) is 16.5 Å². The minimum absolute atomic E-state index is 0. The summed E-state index contributed by atoms with van der Waals surface area (Å²) in [6.45, 7) is 3.79. The summed E-state index contributed by atoms with van der Waals surface area (Å²) in [5.74, 6) is 0. The van der Waals surface area contributed by atoms with Crippen molar-refractivity contribution in [1.82, 2.24) is 15.2 Å². The Morgan fingerprint density at radius 3 is 2.48 bits per heavy atom. The summed E-state index contributed by atoms with van der Waals surface area (Å²) < 4.78 is 0. The molecule has 1 aliphatic rings. The molecule has 0 bridgehead atoms. The Morgan fingerprint density at radius 1 is 1.17 bits per heavy atom. The molecule has 0 amide bonds. The molecule has 23 heavy (non-hydrogen) atoms. The first-order chi connectivity index (χ1) is 10.2. The predicted octanol–water partition coefficient (Wildman–Crippen LogP) is 4.94. The van der Waals surface area contributed by atoms with Crippen LogP contribution in [0.4, 0.5) is 0 Å². The predicted molar refractivity (Wildman–Crippen MR) is 104 cm³/mol. The van der Waals surface area contributed by atoms with Crippen LogP contribution in [-0.2, 0) is 0 Å². The number of aromatic nitrogens is 1. The van der Waals surface area contributed by atoms with Crippen molar-refractivity contribution < 1.29 is 0 Å². The van der Waals surface area contributed by atoms with Gasteiger partial charge in [-0.15, -0.1) is 36.2 Å². The van der Waals surface area contributed by atoms with E-state index in [-0.39, 0.29) is 30.9 Å². The highest BCUT2D eigenvalue weighted by atomic mass is 35.5. The largest absolute Gasteiger partial charge is 0.314 e. The van der Waals surface area contributed by atoms with Gasteiger partial charge in [-0.2, -0.15) is 0 Å². The van der Waals surface area contributed by atoms with Crippen molar-refractivity contribution in [2.24, 2.45) is 0 Å². The molecular weight excluding hydrogens is 420 g/mol. The van der Waals surface area contributed by atoms with Gasteiger partial charge in [0.2, 0.25) is 0 Å². The first kappa shape index (κ1) is 21.3. The van der Waals surface area contributed by atoms with Gasteiger partial charge in [0.15, 0.2) is 0 Å². The molecule has 1 atom stereocenters. The van der Waals surface area contributed by atoms with Gasteiger partial charge in [0.25, 0.3) is 0 Å². The lowest BCUT2D eigenvalue weighted by molar-refractivity contribution is 0.201. The maximum absolute atomic E-state index is 6.41. The van der Waals surface area contributed by atoms with E-state index in [0.717, 1.165) is 31.7 Å². The molecule has 3 heterocycles. The number of rotatable bonds is 3. The smallest absolute Gasteiger partial charge is 0.148 e. The molecule has 0 unspecified atom stereocenters. The number of halogens is 5. The molecular formula is C14H16Cl5N3S. The number of thiophene rings is 1. The monoisotopic (exact) mass is 433 g/mol. The van der Waals surface area contributed by atoms with Crippen molar-refractivity contribution in [2.75, 3.05) is 26.2 Å². The van der Waals surface area contributed by atoms with Crippen LogP contribution in [-0.4, -0.2) is 36.1 Å². The van der Waals surface area contributed by atoms with Gasteiger partial charge in [-0.05, 0) is 11.4 Å². The van der Waals surface area contributed by atoms with Crippen molar-refractivity contribution in [2.45, 2.75) is 6.04 Å². The third-order valence-electron chi connectivity index (χ3n) is 3.57. The Balaban J connectivity index is 0.00000132. The fourth-order valence-electron chi connectivity index (χ4n) is 2.60. The van der Waals surface area contributed by atoms with Crippen LogP contribution in [0.25, 0.3) is 0 Å². The van der Waals surface area contributed by atoms with Crippen molar-refractivity contribution in [3.63, 3.8) is 0 Å². The first-order valence-electron chi connectivity index (χ1n) is 6.66. The molecule has 9 heteroatoms. The lowest BCUT2D eigenvalue weighted by atomic mass is 10.0. The van der Waals surface area contributed by atoms with Gasteiger partial charge in [-0.1, -0.05) is 40.9 Å². The summed E-state index contributed by atoms with van der Waals surface area (Å²) in [5, 5.41) is 6.73. The third-order valence-corrected chi connectivity index (χ3v) is 5.56. The zero-order valence-corrected chi connectivity index (χ0v) is 16.7. The summed E-state index contributed by atoms with van der Waals surface area (Å²) in [7, 11) is 0. The molecule has 1 fully saturated rings. The first-order valence-corrected chi connectivity index (χ1v) is 8.67. The van der Waals surface area contributed by atoms with Gasteiger partial charge >= 0.3 is 0 Å². The fourth-order valence-corrected chi connectivity index (χ4v) is 4.16. The molecule has 0 aliphatic carbocycles. The summed E-state index contributed by atoms with van der Waals surface area (Å²) in [6.07, 6.45) is 1.58. The van der Waals surface area contributed by atoms with E-state index in [9.17, 15) is 0 Å². The highest BCUT2D eigenvalue weighted by Crippen LogP contribution is 2.41. The second kappa shape index (κ2) is 9.64. The quantitative estimate of drug-likeness (QED) is 0.692. The zero-order valence-electron chi connectivity index (χ0n) is 12.0. The average molecular weight is 436 g/mol. The van der Waals surface area contributed by atoms with Crippen molar-refractivity contribution in [3.05, 3.63) is 49.3 Å². The SMILES string of the molecule is Cl.Cl.Clc1cnc(Cl)c(Cl)c1[C@@H](c1cccs1)N1CCNCC1. The molecule has 0 radical (unpaired) electrons. The van der Waals surface area contributed by atoms with Crippen LogP contribution in [0, 0.1) is 0 Å². The van der Waals surface area contributed by atoms with E-state index in [1.54, 1.807) is 17.5 Å². The lowest BCUT2D eigenvalue weighted by Crippen LogP contribution is -2.45. The van der Waals surface area contributed by atoms with Crippen molar-refractivity contribution in [3.8, 4) is 0 Å². The molecule has 3 nitrogen and oxygen atoms in total. The van der Waals surface area contributed by atoms with Crippen molar-refractivity contribution >= 4 is 71.0 Å². The summed E-state index contributed by atoms with van der Waals surface area (Å²) in [6, 6.07) is 4.17. The number of piperazine rings is 1. The Morgan fingerprint density at radius 2 is 1.87 bits per heavy atom. The van der Waals surface area contributed by atoms with Gasteiger partial charge in [0.05, 0.1) is 16.1 Å². The molecule has 128 valence electrons. The van der Waals surface area contributed by atoms with E-state index < -0.39 is 0 Å². The molecule has 0 aromatic carbocycles. The van der Waals surface area contributed by atoms with Gasteiger partial charge in [0, 0.05) is 42.8 Å². The van der Waals surface area contributed by atoms with Crippen LogP contribution in [0.15, 0.2) is 23.7 Å². The molecule has 2 aromatic heterocycles. The fraction of sp³-hybridized carbons (Fsp3) is 0.357. The number of hydrogen-bond donors (Lipinski definition) is 1. The van der Waals surface area contributed by atoms with Gasteiger partial charge in [-0.3, -0.25) is 4.90 Å². The van der Waals surface area contributed by atoms with E-state index in [1.165, 1.54) is 4.88 Å². The molecule has 0 spiro atoms. The maximum Gasteiger partial charge on any atom is 0.148 e. The number of hydrogen-bond acceptors (Lipinski definition) is 4. The summed E-state index contributed by atoms with van der Waals surface area (Å²) in [4.78, 5) is 7.61. The van der Waals surface area contributed by atoms with E-state index in [2.05, 4.69) is 26.6 Å². The normalized spacial score (nSPS) is 16.3. The minimum atomic E-state index is 0. The van der Waals surface area contributed by atoms with E-state index in [1.807, 2.05) is 6.07 Å². The highest BCUT2D eigenvalue weighted by Gasteiger charge is 2.29. The molecule has 0 saturated carbocycles. The molecule has 1 N–H and O–H groups in total. The van der Waals surface area contributed by atoms with Crippen LogP contribution < -0.4 is 5.32 Å². The topological polar surface area (TPSA) is 28.2 Å². The number of pyridine rings is 1. The second-order valence-electron chi connectivity index (χ2n) is 4.83. The molecule has 3 rings (SSSR count). The maximum atomic E-state index is 6.41. The molecule has 2 aromatic rings. The van der Waals surface area contributed by atoms with Gasteiger partial charge in [-0.25, -0.2) is 4.98 Å². The zero-order chi connectivity index (χ0) is 14.8. The van der Waals surface area contributed by atoms with E-state index in [4.69, 9.17) is 34.8 Å². The van der Waals surface area contributed by atoms with Gasteiger partial charge in [0.1, 0.15) is 5.15 Å². The number of nitrogens with zero attached hydrogens (tertiary/aromatic N) is 2. The molecule has 1 saturated heterocycles. The summed E-state index contributed by atoms with van der Waals surface area (Å²) in [5.41, 5.74) is 0.850. The average Bonchev–Trinajstić information content (AvgIpc) is 3.02. The lowest BCUT2D eigenvalue weighted by Gasteiger charge is -2.35. The summed E-state index contributed by atoms with van der Waals surface area (Å²) >= 11 is 20.6. The van der Waals surface area contributed by atoms with Crippen LogP contribution in [0.5, 0.6) is 0 Å². The van der Waals surface area contributed by atoms with Gasteiger partial charge < -0.3 is 5.32 Å². The standard InChI is InChI=1S/C14H14Cl3N3S.2ClH/c15-9-8-19-14(17)12(16)11(9)13(10-2-1-7-21-10)20-5-3-18-4-6-20;;/h1-2,7-8,13,18H,3-6H2;2*1H/t13-;;/m1../s1.